The average Bonchev–Trinajstić information content (AvgIpc) is 2.15. The molecule has 0 aliphatic rings. The molecule has 1 rings (SSSR count). The van der Waals surface area contributed by atoms with Crippen molar-refractivity contribution in [1.82, 2.24) is 4.98 Å². The number of ether oxygens (including phenoxy) is 1. The first kappa shape index (κ1) is 26.6. The summed E-state index contributed by atoms with van der Waals surface area (Å²) in [6.45, 7) is 2.16. The van der Waals surface area contributed by atoms with E-state index in [0.717, 1.165) is 24.3 Å². The molecule has 0 aliphatic carbocycles. The normalized spacial score (nSPS) is 7.38. The second kappa shape index (κ2) is 17.1. The Morgan fingerprint density at radius 3 is 2.50 bits per heavy atom. The molecule has 0 N–H and O–H groups in total. The molecule has 0 aliphatic heterocycles. The van der Waals surface area contributed by atoms with Crippen molar-refractivity contribution in [1.29, 1.82) is 0 Å². The van der Waals surface area contributed by atoms with Gasteiger partial charge in [-0.3, -0.25) is 4.98 Å². The molecule has 1 aromatic heterocycles. The maximum absolute atomic E-state index is 4.93. The van der Waals surface area contributed by atoms with E-state index in [1.54, 1.807) is 6.20 Å². The molecule has 1 aromatic rings. The van der Waals surface area contributed by atoms with Gasteiger partial charge in [-0.15, -0.1) is 0 Å². The van der Waals surface area contributed by atoms with Crippen LogP contribution in [-0.2, 0) is 6.42 Å². The Labute approximate surface area is 171 Å². The zero-order valence-electron chi connectivity index (χ0n) is 9.92. The van der Waals surface area contributed by atoms with Gasteiger partial charge < -0.3 is 12.2 Å². The molecule has 0 saturated carbocycles. The Morgan fingerprint density at radius 1 is 1.38 bits per heavy atom. The molecule has 84 valence electrons. The zero-order chi connectivity index (χ0) is 8.81. The fourth-order valence-electron chi connectivity index (χ4n) is 1.09. The average molecular weight is 893 g/mol. The fourth-order valence-corrected chi connectivity index (χ4v) is 1.09. The van der Waals surface area contributed by atoms with Crippen LogP contribution in [0.4, 0.5) is 0 Å². The SMILES string of the molecule is [CH2-]Oc1cccnc1CCCC.[CH3-].[U+2].[U].[U]. The first-order chi connectivity index (χ1) is 5.88. The van der Waals surface area contributed by atoms with E-state index in [-0.39, 0.29) is 101 Å². The molecule has 16 heavy (non-hydrogen) atoms. The largest absolute Gasteiger partial charge is 2.00 e. The Balaban J connectivity index is -0.000000180. The maximum Gasteiger partial charge on any atom is 2.00 e. The third kappa shape index (κ3) is 10.1. The van der Waals surface area contributed by atoms with Crippen molar-refractivity contribution in [3.63, 3.8) is 0 Å². The van der Waals surface area contributed by atoms with Crippen molar-refractivity contribution in [2.45, 2.75) is 26.2 Å². The Kier molecular flexibility index (Phi) is 28.5. The monoisotopic (exact) mass is 893 g/mol. The zero-order valence-corrected chi connectivity index (χ0v) is 22.4. The van der Waals surface area contributed by atoms with E-state index in [9.17, 15) is 0 Å². The predicted octanol–water partition coefficient (Wildman–Crippen LogP) is 3.04. The van der Waals surface area contributed by atoms with Crippen molar-refractivity contribution in [2.24, 2.45) is 0 Å². The summed E-state index contributed by atoms with van der Waals surface area (Å²) in [5.41, 5.74) is 1.01. The van der Waals surface area contributed by atoms with Gasteiger partial charge in [0.25, 0.3) is 0 Å². The second-order valence-corrected chi connectivity index (χ2v) is 2.70. The van der Waals surface area contributed by atoms with Gasteiger partial charge in [-0.05, 0) is 25.0 Å². The molecule has 0 saturated heterocycles. The third-order valence-corrected chi connectivity index (χ3v) is 1.77. The van der Waals surface area contributed by atoms with Gasteiger partial charge in [0.1, 0.15) is 5.75 Å². The van der Waals surface area contributed by atoms with Crippen molar-refractivity contribution in [3.05, 3.63) is 38.6 Å². The molecule has 0 radical (unpaired) electrons. The molecule has 0 spiro atoms. The minimum absolute atomic E-state index is 0. The number of aromatic nitrogens is 1. The smallest absolute Gasteiger partial charge is 0.664 e. The van der Waals surface area contributed by atoms with Gasteiger partial charge in [0.2, 0.25) is 0 Å². The molecule has 0 aromatic carbocycles. The van der Waals surface area contributed by atoms with Crippen LogP contribution in [0.25, 0.3) is 0 Å². The minimum Gasteiger partial charge on any atom is -0.664 e. The number of pyridine rings is 1. The molecular weight excluding hydrogens is 876 g/mol. The fraction of sp³-hybridized carbons (Fsp3) is 0.364. The molecule has 0 bridgehead atoms. The first-order valence-corrected chi connectivity index (χ1v) is 4.24. The quantitative estimate of drug-likeness (QED) is 0.435. The molecule has 2 nitrogen and oxygen atoms in total. The van der Waals surface area contributed by atoms with E-state index in [1.807, 2.05) is 12.1 Å². The van der Waals surface area contributed by atoms with Gasteiger partial charge in [0.05, 0.1) is 5.69 Å². The van der Waals surface area contributed by atoms with Crippen LogP contribution in [0.5, 0.6) is 5.75 Å². The molecule has 0 atom stereocenters. The predicted molar refractivity (Wildman–Crippen MR) is 55.2 cm³/mol. The van der Waals surface area contributed by atoms with Crippen LogP contribution < -0.4 is 4.74 Å². The summed E-state index contributed by atoms with van der Waals surface area (Å²) in [5.74, 6) is 0.797. The van der Waals surface area contributed by atoms with Gasteiger partial charge in [-0.2, -0.15) is 7.11 Å². The van der Waals surface area contributed by atoms with Crippen LogP contribution in [0.15, 0.2) is 18.3 Å². The molecule has 0 amide bonds. The third-order valence-electron chi connectivity index (χ3n) is 1.77. The standard InChI is InChI=1S/C10H14NO.CH3.3U/c1-3-4-6-9-10(12-2)7-5-8-11-9;;;;/h5,7-8H,2-4,6H2,1H3;1H3;;;/q2*-1;;;+2. The first-order valence-electron chi connectivity index (χ1n) is 4.24. The topological polar surface area (TPSA) is 22.1 Å². The van der Waals surface area contributed by atoms with Crippen LogP contribution in [0.3, 0.4) is 0 Å². The van der Waals surface area contributed by atoms with Gasteiger partial charge >= 0.3 is 31.1 Å². The van der Waals surface area contributed by atoms with Crippen LogP contribution in [0.1, 0.15) is 25.5 Å². The van der Waals surface area contributed by atoms with Gasteiger partial charge in [0.15, 0.2) is 0 Å². The number of unbranched alkanes of at least 4 members (excludes halogenated alkanes) is 1. The van der Waals surface area contributed by atoms with Crippen LogP contribution in [0, 0.1) is 108 Å². The summed E-state index contributed by atoms with van der Waals surface area (Å²) >= 11 is 0. The van der Waals surface area contributed by atoms with Crippen LogP contribution >= 0.6 is 0 Å². The number of aryl methyl sites for hydroxylation is 1. The molecule has 1 heterocycles. The summed E-state index contributed by atoms with van der Waals surface area (Å²) in [6.07, 6.45) is 5.08. The number of hydrogen-bond acceptors (Lipinski definition) is 2. The summed E-state index contributed by atoms with van der Waals surface area (Å²) in [5, 5.41) is 0. The molecular formula is C11H17NOU3. The Hall–Kier alpha value is 2.11. The Morgan fingerprint density at radius 2 is 2.00 bits per heavy atom. The van der Waals surface area contributed by atoms with E-state index in [0.29, 0.717) is 0 Å². The molecule has 0 fully saturated rings. The number of nitrogens with zero attached hydrogens (tertiary/aromatic N) is 1. The van der Waals surface area contributed by atoms with Gasteiger partial charge in [-0.25, -0.2) is 0 Å². The van der Waals surface area contributed by atoms with Crippen molar-refractivity contribution < 1.29 is 98.1 Å². The number of rotatable bonds is 4. The van der Waals surface area contributed by atoms with E-state index in [1.165, 1.54) is 6.42 Å². The minimum atomic E-state index is 0. The second-order valence-electron chi connectivity index (χ2n) is 2.70. The maximum atomic E-state index is 4.93. The van der Waals surface area contributed by atoms with E-state index >= 15 is 0 Å². The van der Waals surface area contributed by atoms with Crippen molar-refractivity contribution in [3.8, 4) is 5.75 Å². The summed E-state index contributed by atoms with van der Waals surface area (Å²) in [7, 11) is 3.38. The summed E-state index contributed by atoms with van der Waals surface area (Å²) < 4.78 is 4.93. The van der Waals surface area contributed by atoms with Crippen molar-refractivity contribution >= 4 is 0 Å². The Bertz CT molecular complexity index is 246. The van der Waals surface area contributed by atoms with Gasteiger partial charge in [0, 0.05) is 68.4 Å². The van der Waals surface area contributed by atoms with E-state index < -0.39 is 0 Å². The van der Waals surface area contributed by atoms with Crippen molar-refractivity contribution in [2.75, 3.05) is 0 Å². The van der Waals surface area contributed by atoms with Crippen LogP contribution in [0.2, 0.25) is 0 Å². The van der Waals surface area contributed by atoms with E-state index in [2.05, 4.69) is 19.0 Å². The van der Waals surface area contributed by atoms with E-state index in [4.69, 9.17) is 4.74 Å². The van der Waals surface area contributed by atoms with Crippen LogP contribution in [-0.4, -0.2) is 4.98 Å². The number of hydrogen-bond donors (Lipinski definition) is 0. The van der Waals surface area contributed by atoms with Gasteiger partial charge in [-0.1, -0.05) is 13.3 Å². The molecule has 5 heteroatoms. The summed E-state index contributed by atoms with van der Waals surface area (Å²) in [4.78, 5) is 4.22. The molecule has 0 unspecified atom stereocenters. The summed E-state index contributed by atoms with van der Waals surface area (Å²) in [6, 6.07) is 3.75.